The Morgan fingerprint density at radius 3 is 2.59 bits per heavy atom. The quantitative estimate of drug-likeness (QED) is 0.499. The second-order valence-electron chi connectivity index (χ2n) is 7.72. The minimum absolute atomic E-state index is 0.0444. The summed E-state index contributed by atoms with van der Waals surface area (Å²) in [5.41, 5.74) is -0.281. The number of rotatable bonds is 7. The number of carbonyl (C=O) groups is 1. The van der Waals surface area contributed by atoms with Crippen LogP contribution in [0.2, 0.25) is 0 Å². The van der Waals surface area contributed by atoms with Crippen molar-refractivity contribution in [3.8, 4) is 5.75 Å². The molecule has 0 radical (unpaired) electrons. The molecule has 0 heterocycles. The maximum absolute atomic E-state index is 13.2. The van der Waals surface area contributed by atoms with Gasteiger partial charge in [0.05, 0.1) is 5.41 Å². The standard InChI is InChI=1S/C20H25ClF3NO2/c1-13(26)16-7-6-15(10-14(16)11-21)27-18-5-3-2-4-17(18)25-12-19(8-9-19)20(22,23)24/h6-7,10,17-18,25H,2-5,8-9,11-12H2,1H3/t17-,18-/m0/s1. The monoisotopic (exact) mass is 403 g/mol. The Balaban J connectivity index is 1.66. The molecule has 0 unspecified atom stereocenters. The van der Waals surface area contributed by atoms with E-state index in [0.717, 1.165) is 25.7 Å². The molecule has 0 amide bonds. The van der Waals surface area contributed by atoms with Crippen molar-refractivity contribution >= 4 is 17.4 Å². The fourth-order valence-electron chi connectivity index (χ4n) is 3.78. The predicted octanol–water partition coefficient (Wildman–Crippen LogP) is 5.25. The molecular formula is C20H25ClF3NO2. The molecule has 2 aliphatic carbocycles. The maximum Gasteiger partial charge on any atom is 0.395 e. The molecule has 2 aliphatic rings. The molecular weight excluding hydrogens is 379 g/mol. The molecule has 1 aromatic carbocycles. The summed E-state index contributed by atoms with van der Waals surface area (Å²) < 4.78 is 45.6. The van der Waals surface area contributed by atoms with E-state index in [1.165, 1.54) is 6.92 Å². The number of ketones is 1. The average Bonchev–Trinajstić information content (AvgIpc) is 3.42. The Labute approximate surface area is 162 Å². The van der Waals surface area contributed by atoms with Crippen molar-refractivity contribution < 1.29 is 22.7 Å². The molecule has 0 aliphatic heterocycles. The number of benzene rings is 1. The first-order valence-electron chi connectivity index (χ1n) is 9.42. The van der Waals surface area contributed by atoms with Crippen molar-refractivity contribution in [2.75, 3.05) is 6.54 Å². The lowest BCUT2D eigenvalue weighted by Crippen LogP contribution is -2.49. The lowest BCUT2D eigenvalue weighted by atomic mass is 9.91. The number of Topliss-reactive ketones (excluding diaryl/α,β-unsaturated/α-hetero) is 1. The van der Waals surface area contributed by atoms with Crippen LogP contribution in [-0.4, -0.2) is 30.7 Å². The topological polar surface area (TPSA) is 38.3 Å². The highest BCUT2D eigenvalue weighted by atomic mass is 35.5. The van der Waals surface area contributed by atoms with Gasteiger partial charge in [-0.25, -0.2) is 0 Å². The Bertz CT molecular complexity index is 688. The van der Waals surface area contributed by atoms with Crippen molar-refractivity contribution in [1.29, 1.82) is 0 Å². The lowest BCUT2D eigenvalue weighted by Gasteiger charge is -2.34. The molecule has 0 aromatic heterocycles. The van der Waals surface area contributed by atoms with Gasteiger partial charge < -0.3 is 10.1 Å². The first kappa shape index (κ1) is 20.5. The second-order valence-corrected chi connectivity index (χ2v) is 7.98. The summed E-state index contributed by atoms with van der Waals surface area (Å²) in [5.74, 6) is 0.745. The third-order valence-corrected chi connectivity index (χ3v) is 6.04. The highest BCUT2D eigenvalue weighted by molar-refractivity contribution is 6.17. The molecule has 7 heteroatoms. The van der Waals surface area contributed by atoms with Gasteiger partial charge in [0, 0.05) is 24.0 Å². The zero-order valence-corrected chi connectivity index (χ0v) is 16.1. The molecule has 150 valence electrons. The van der Waals surface area contributed by atoms with Gasteiger partial charge >= 0.3 is 6.18 Å². The molecule has 1 N–H and O–H groups in total. The van der Waals surface area contributed by atoms with E-state index in [-0.39, 0.29) is 43.2 Å². The van der Waals surface area contributed by atoms with Crippen LogP contribution < -0.4 is 10.1 Å². The van der Waals surface area contributed by atoms with Gasteiger partial charge in [-0.3, -0.25) is 4.79 Å². The zero-order valence-electron chi connectivity index (χ0n) is 15.4. The minimum Gasteiger partial charge on any atom is -0.489 e. The van der Waals surface area contributed by atoms with Gasteiger partial charge in [-0.1, -0.05) is 6.42 Å². The van der Waals surface area contributed by atoms with E-state index in [0.29, 0.717) is 16.9 Å². The Morgan fingerprint density at radius 1 is 1.30 bits per heavy atom. The predicted molar refractivity (Wildman–Crippen MR) is 98.4 cm³/mol. The number of hydrogen-bond acceptors (Lipinski definition) is 3. The largest absolute Gasteiger partial charge is 0.489 e. The molecule has 0 spiro atoms. The van der Waals surface area contributed by atoms with Crippen LogP contribution in [0.15, 0.2) is 18.2 Å². The molecule has 0 bridgehead atoms. The van der Waals surface area contributed by atoms with E-state index in [2.05, 4.69) is 5.32 Å². The summed E-state index contributed by atoms with van der Waals surface area (Å²) in [6.07, 6.45) is -0.375. The Kier molecular flexibility index (Phi) is 6.06. The molecule has 3 nitrogen and oxygen atoms in total. The summed E-state index contributed by atoms with van der Waals surface area (Å²) in [5, 5.41) is 3.13. The van der Waals surface area contributed by atoms with Crippen molar-refractivity contribution in [2.24, 2.45) is 5.41 Å². The molecule has 2 atom stereocenters. The van der Waals surface area contributed by atoms with Crippen LogP contribution in [0, 0.1) is 5.41 Å². The van der Waals surface area contributed by atoms with Gasteiger partial charge in [0.15, 0.2) is 5.78 Å². The minimum atomic E-state index is -4.15. The molecule has 27 heavy (non-hydrogen) atoms. The first-order valence-corrected chi connectivity index (χ1v) is 9.96. The van der Waals surface area contributed by atoms with Gasteiger partial charge in [-0.15, -0.1) is 11.6 Å². The lowest BCUT2D eigenvalue weighted by molar-refractivity contribution is -0.186. The summed E-state index contributed by atoms with van der Waals surface area (Å²) in [4.78, 5) is 11.6. The van der Waals surface area contributed by atoms with Gasteiger partial charge in [-0.05, 0) is 62.8 Å². The van der Waals surface area contributed by atoms with Gasteiger partial charge in [0.1, 0.15) is 11.9 Å². The second kappa shape index (κ2) is 8.00. The van der Waals surface area contributed by atoms with Gasteiger partial charge in [0.25, 0.3) is 0 Å². The Hall–Kier alpha value is -1.27. The van der Waals surface area contributed by atoms with Gasteiger partial charge in [-0.2, -0.15) is 13.2 Å². The smallest absolute Gasteiger partial charge is 0.395 e. The van der Waals surface area contributed by atoms with E-state index < -0.39 is 11.6 Å². The number of nitrogens with one attached hydrogen (secondary N) is 1. The normalized spacial score (nSPS) is 24.5. The van der Waals surface area contributed by atoms with Crippen LogP contribution in [0.4, 0.5) is 13.2 Å². The molecule has 2 saturated carbocycles. The zero-order chi connectivity index (χ0) is 19.7. The van der Waals surface area contributed by atoms with Gasteiger partial charge in [0.2, 0.25) is 0 Å². The van der Waals surface area contributed by atoms with Crippen molar-refractivity contribution in [3.63, 3.8) is 0 Å². The molecule has 1 aromatic rings. The Morgan fingerprint density at radius 2 is 2.00 bits per heavy atom. The van der Waals surface area contributed by atoms with Crippen LogP contribution in [0.25, 0.3) is 0 Å². The molecule has 2 fully saturated rings. The van der Waals surface area contributed by atoms with Crippen LogP contribution >= 0.6 is 11.6 Å². The third kappa shape index (κ3) is 4.60. The van der Waals surface area contributed by atoms with Crippen molar-refractivity contribution in [1.82, 2.24) is 5.32 Å². The fraction of sp³-hybridized carbons (Fsp3) is 0.650. The third-order valence-electron chi connectivity index (χ3n) is 5.75. The van der Waals surface area contributed by atoms with E-state index in [1.54, 1.807) is 18.2 Å². The van der Waals surface area contributed by atoms with E-state index in [9.17, 15) is 18.0 Å². The van der Waals surface area contributed by atoms with Crippen LogP contribution in [-0.2, 0) is 5.88 Å². The highest BCUT2D eigenvalue weighted by Crippen LogP contribution is 2.57. The van der Waals surface area contributed by atoms with Crippen molar-refractivity contribution in [2.45, 2.75) is 69.7 Å². The van der Waals surface area contributed by atoms with Crippen LogP contribution in [0.1, 0.15) is 61.4 Å². The van der Waals surface area contributed by atoms with Crippen molar-refractivity contribution in [3.05, 3.63) is 29.3 Å². The average molecular weight is 404 g/mol. The van der Waals surface area contributed by atoms with Crippen LogP contribution in [0.5, 0.6) is 5.75 Å². The number of carbonyl (C=O) groups excluding carboxylic acids is 1. The fourth-order valence-corrected chi connectivity index (χ4v) is 4.00. The molecule has 0 saturated heterocycles. The highest BCUT2D eigenvalue weighted by Gasteiger charge is 2.62. The number of alkyl halides is 4. The number of hydrogen-bond donors (Lipinski definition) is 1. The summed E-state index contributed by atoms with van der Waals surface area (Å²) in [6, 6.07) is 5.08. The first-order chi connectivity index (χ1) is 12.8. The van der Waals surface area contributed by atoms with Crippen LogP contribution in [0.3, 0.4) is 0 Å². The summed E-state index contributed by atoms with van der Waals surface area (Å²) >= 11 is 5.94. The van der Waals surface area contributed by atoms with E-state index >= 15 is 0 Å². The van der Waals surface area contributed by atoms with E-state index in [1.807, 2.05) is 0 Å². The van der Waals surface area contributed by atoms with E-state index in [4.69, 9.17) is 16.3 Å². The molecule has 3 rings (SSSR count). The summed E-state index contributed by atoms with van der Waals surface area (Å²) in [7, 11) is 0. The number of ether oxygens (including phenoxy) is 1. The maximum atomic E-state index is 13.2. The number of halogens is 4. The SMILES string of the molecule is CC(=O)c1ccc(O[C@H]2CCCC[C@@H]2NCC2(C(F)(F)F)CC2)cc1CCl. The summed E-state index contributed by atoms with van der Waals surface area (Å²) in [6.45, 7) is 1.44.